The molecule has 4 saturated heterocycles. The minimum absolute atomic E-state index is 0.0107. The summed E-state index contributed by atoms with van der Waals surface area (Å²) < 4.78 is 25.0. The van der Waals surface area contributed by atoms with Gasteiger partial charge in [0, 0.05) is 26.2 Å². The van der Waals surface area contributed by atoms with Crippen LogP contribution in [0.2, 0.25) is 0 Å². The number of carbonyl (C=O) groups is 12. The van der Waals surface area contributed by atoms with Crippen molar-refractivity contribution >= 4 is 70.9 Å². The SMILES string of the molecule is C#CCNC(=O)CNC(=O)[C@H](CCCNC(=O)C[C@H]1O[C@H](CO)[C@H](O)[C@H](O)[C@H]1O)n1cc(CNC(=O)CNC(=O)[C@H](CCCNC(=O)C[C@H]2O[C@H](CO)[C@H](O)[C@H](O)[C@H]2O)n2cc(CNC(=O)CNC(=O)[C@H](CCCNC(=O)C[C@H]3O[C@H](CO)[C@H](O)[C@H](O)[C@H]3O)n3cc(CNC(=O)CNC(=O)[C@@H](N)CCCNC(=O)C[C@H]4O[C@H](CO)[C@H](O)[C@H](O)[C@H]4O)nn3)nn2)nn1. The Kier molecular flexibility index (Phi) is 42.1. The molecule has 54 nitrogen and oxygen atoms in total. The van der Waals surface area contributed by atoms with E-state index in [1.54, 1.807) is 0 Å². The van der Waals surface area contributed by atoms with Gasteiger partial charge in [-0.25, -0.2) is 14.0 Å². The molecule has 12 amide bonds. The Hall–Kier alpha value is -10.2. The van der Waals surface area contributed by atoms with Crippen molar-refractivity contribution in [2.24, 2.45) is 5.73 Å². The van der Waals surface area contributed by atoms with Crippen LogP contribution in [0.4, 0.5) is 0 Å². The topological polar surface area (TPSA) is 828 Å². The van der Waals surface area contributed by atoms with Crippen LogP contribution in [-0.4, -0.2) is 411 Å². The van der Waals surface area contributed by atoms with Gasteiger partial charge in [-0.15, -0.1) is 21.7 Å². The Morgan fingerprint density at radius 2 is 0.571 bits per heavy atom. The summed E-state index contributed by atoms with van der Waals surface area (Å²) in [5, 5.41) is 215. The summed E-state index contributed by atoms with van der Waals surface area (Å²) in [6.07, 6.45) is -23.3. The fourth-order valence-electron chi connectivity index (χ4n) is 13.6. The molecule has 54 heteroatoms. The molecule has 4 aliphatic heterocycles. The van der Waals surface area contributed by atoms with Crippen LogP contribution in [0.1, 0.15) is 112 Å². The van der Waals surface area contributed by atoms with Crippen molar-refractivity contribution < 1.29 is 158 Å². The number of hydrogen-bond donors (Lipinski definition) is 29. The van der Waals surface area contributed by atoms with Crippen LogP contribution in [0.3, 0.4) is 0 Å². The summed E-state index contributed by atoms with van der Waals surface area (Å²) >= 11 is 0. The average Bonchev–Trinajstić information content (AvgIpc) is 1.31. The van der Waals surface area contributed by atoms with Gasteiger partial charge in [-0.1, -0.05) is 21.6 Å². The highest BCUT2D eigenvalue weighted by Crippen LogP contribution is 2.28. The Labute approximate surface area is 717 Å². The van der Waals surface area contributed by atoms with Gasteiger partial charge in [-0.2, -0.15) is 0 Å². The number of ether oxygens (including phenoxy) is 4. The van der Waals surface area contributed by atoms with Gasteiger partial charge in [-0.05, 0) is 51.4 Å². The number of nitrogens with two attached hydrogens (primary N) is 1. The number of aliphatic hydroxyl groups excluding tert-OH is 16. The second-order valence-corrected chi connectivity index (χ2v) is 30.2. The van der Waals surface area contributed by atoms with E-state index in [2.05, 4.69) is 101 Å². The molecule has 30 N–H and O–H groups in total. The largest absolute Gasteiger partial charge is 0.394 e. The van der Waals surface area contributed by atoms with Crippen molar-refractivity contribution in [3.63, 3.8) is 0 Å². The molecule has 0 aromatic carbocycles. The van der Waals surface area contributed by atoms with Crippen molar-refractivity contribution in [3.8, 4) is 12.3 Å². The van der Waals surface area contributed by atoms with E-state index in [1.807, 2.05) is 0 Å². The van der Waals surface area contributed by atoms with Gasteiger partial charge in [0.15, 0.2) is 0 Å². The average molecular weight is 1800 g/mol. The standard InChI is InChI=1S/C72H114N22O32/c1-2-11-74-53(103)23-83-70(120)38(8-4-13-76-50(100)17-42-58(108)66(116)62(112)46(31-96)124-42)92-28-35(87-89-92)21-80-55(105)25-85-72(122)40(10-6-15-78-52(102)19-44-60(110)68(118)64(114)48(33-98)126-44)94-29-36(88-91-94)22-81-56(106)26-84-71(121)39(9-5-14-77-51(101)18-43-59(109)67(117)63(113)47(32-97)125-43)93-27-34(86-90-93)20-79-54(104)24-82-69(119)37(73)7-3-12-75-49(99)16-41-57(107)65(115)61(111)45(30-95)123-41/h1,27-29,37-48,57-68,95-98,107-118H,3-26,30-33,73H2,(H,74,103)(H,75,99)(H,76,100)(H,77,101)(H,78,102)(H,79,104)(H,80,105)(H,81,106)(H,82,119)(H,83,120)(H,84,121)(H,85,122)/t37-,38-,39-,40-,41+,42+,43+,44+,45+,46+,47+,48+,57-,58-,59-,60-,61-,62-,63-,64-,65+,66+,67+,68+/m0/s1. The summed E-state index contributed by atoms with van der Waals surface area (Å²) in [5.74, 6) is -6.47. The number of aliphatic hydroxyl groups is 16. The predicted molar refractivity (Wildman–Crippen MR) is 417 cm³/mol. The monoisotopic (exact) mass is 1800 g/mol. The number of nitrogens with one attached hydrogen (secondary N) is 12. The first kappa shape index (κ1) is 103. The van der Waals surface area contributed by atoms with Gasteiger partial charge < -0.3 is 170 Å². The van der Waals surface area contributed by atoms with Gasteiger partial charge in [0.25, 0.3) is 0 Å². The van der Waals surface area contributed by atoms with E-state index in [1.165, 1.54) is 18.6 Å². The number of hydrogen-bond acceptors (Lipinski definition) is 39. The summed E-state index contributed by atoms with van der Waals surface area (Å²) in [6.45, 7) is -6.75. The number of aromatic nitrogens is 9. The lowest BCUT2D eigenvalue weighted by Gasteiger charge is -2.39. The number of carbonyl (C=O) groups excluding carboxylic acids is 12. The van der Waals surface area contributed by atoms with E-state index in [0.29, 0.717) is 0 Å². The van der Waals surface area contributed by atoms with E-state index < -0.39 is 295 Å². The maximum absolute atomic E-state index is 14.1. The normalized spacial score (nSPS) is 26.8. The molecule has 7 rings (SSSR count). The number of nitrogens with zero attached hydrogens (tertiary/aromatic N) is 9. The molecule has 0 bridgehead atoms. The highest BCUT2D eigenvalue weighted by atomic mass is 16.6. The summed E-state index contributed by atoms with van der Waals surface area (Å²) in [4.78, 5) is 158. The molecular formula is C72H114N22O32. The molecule has 0 unspecified atom stereocenters. The smallest absolute Gasteiger partial charge is 0.245 e. The fourth-order valence-corrected chi connectivity index (χ4v) is 13.6. The second kappa shape index (κ2) is 51.5. The molecule has 126 heavy (non-hydrogen) atoms. The van der Waals surface area contributed by atoms with Crippen LogP contribution in [-0.2, 0) is 96.1 Å². The Bertz CT molecular complexity index is 4080. The van der Waals surface area contributed by atoms with Crippen molar-refractivity contribution in [3.05, 3.63) is 35.7 Å². The van der Waals surface area contributed by atoms with Crippen molar-refractivity contribution in [2.45, 2.75) is 243 Å². The molecule has 0 radical (unpaired) electrons. The third-order valence-electron chi connectivity index (χ3n) is 20.8. The highest BCUT2D eigenvalue weighted by molar-refractivity contribution is 5.89. The number of terminal acetylenes is 1. The lowest BCUT2D eigenvalue weighted by Crippen LogP contribution is -2.59. The third-order valence-corrected chi connectivity index (χ3v) is 20.8. The van der Waals surface area contributed by atoms with Gasteiger partial charge in [-0.3, -0.25) is 57.5 Å². The zero-order valence-electron chi connectivity index (χ0n) is 68.3. The summed E-state index contributed by atoms with van der Waals surface area (Å²) in [5.41, 5.74) is 6.23. The summed E-state index contributed by atoms with van der Waals surface area (Å²) in [6, 6.07) is -4.91. The molecule has 24 atom stereocenters. The fraction of sp³-hybridized carbons (Fsp3) is 0.722. The Balaban J connectivity index is 0.941. The zero-order chi connectivity index (χ0) is 92.4. The lowest BCUT2D eigenvalue weighted by molar-refractivity contribution is -0.229. The van der Waals surface area contributed by atoms with Crippen molar-refractivity contribution in [2.75, 3.05) is 85.3 Å². The maximum Gasteiger partial charge on any atom is 0.245 e. The molecule has 0 spiro atoms. The first-order valence-electron chi connectivity index (χ1n) is 40.5. The summed E-state index contributed by atoms with van der Waals surface area (Å²) in [7, 11) is 0. The minimum atomic E-state index is -1.76. The van der Waals surface area contributed by atoms with Crippen LogP contribution in [0.25, 0.3) is 0 Å². The maximum atomic E-state index is 14.1. The predicted octanol–water partition coefficient (Wildman–Crippen LogP) is -17.6. The quantitative estimate of drug-likeness (QED) is 0.0184. The van der Waals surface area contributed by atoms with Crippen LogP contribution in [0, 0.1) is 12.3 Å². The van der Waals surface area contributed by atoms with E-state index in [9.17, 15) is 139 Å². The molecule has 0 saturated carbocycles. The van der Waals surface area contributed by atoms with Gasteiger partial charge in [0.2, 0.25) is 70.9 Å². The molecule has 7 heterocycles. The zero-order valence-corrected chi connectivity index (χ0v) is 68.3. The van der Waals surface area contributed by atoms with Crippen LogP contribution in [0.15, 0.2) is 18.6 Å². The van der Waals surface area contributed by atoms with Crippen LogP contribution >= 0.6 is 0 Å². The van der Waals surface area contributed by atoms with E-state index in [-0.39, 0.29) is 121 Å². The van der Waals surface area contributed by atoms with E-state index >= 15 is 0 Å². The molecule has 0 aliphatic carbocycles. The van der Waals surface area contributed by atoms with Gasteiger partial charge in [0.05, 0.1) is 154 Å². The lowest BCUT2D eigenvalue weighted by atomic mass is 9.93. The van der Waals surface area contributed by atoms with Gasteiger partial charge >= 0.3 is 0 Å². The third kappa shape index (κ3) is 31.1. The van der Waals surface area contributed by atoms with E-state index in [0.717, 1.165) is 14.0 Å². The van der Waals surface area contributed by atoms with Gasteiger partial charge in [0.1, 0.15) is 133 Å². The van der Waals surface area contributed by atoms with Crippen molar-refractivity contribution in [1.82, 2.24) is 109 Å². The highest BCUT2D eigenvalue weighted by Gasteiger charge is 2.48. The molecule has 4 fully saturated rings. The molecule has 3 aromatic rings. The number of rotatable bonds is 50. The Morgan fingerprint density at radius 3 is 0.825 bits per heavy atom. The Morgan fingerprint density at radius 1 is 0.333 bits per heavy atom. The second-order valence-electron chi connectivity index (χ2n) is 30.2. The molecular weight excluding hydrogens is 1680 g/mol. The number of amides is 12. The van der Waals surface area contributed by atoms with Crippen LogP contribution < -0.4 is 69.5 Å². The minimum Gasteiger partial charge on any atom is -0.394 e. The molecule has 3 aromatic heterocycles. The first-order valence-corrected chi connectivity index (χ1v) is 40.5. The van der Waals surface area contributed by atoms with E-state index in [4.69, 9.17) is 31.1 Å². The molecule has 4 aliphatic rings. The van der Waals surface area contributed by atoms with Crippen molar-refractivity contribution in [1.29, 1.82) is 0 Å². The van der Waals surface area contributed by atoms with Crippen LogP contribution in [0.5, 0.6) is 0 Å². The first-order chi connectivity index (χ1) is 60.1. The molecule has 704 valence electrons.